The summed E-state index contributed by atoms with van der Waals surface area (Å²) in [6.07, 6.45) is 6.47. The number of rotatable bonds is 4. The van der Waals surface area contributed by atoms with Gasteiger partial charge in [-0.1, -0.05) is 0 Å². The zero-order chi connectivity index (χ0) is 16.7. The van der Waals surface area contributed by atoms with Crippen molar-refractivity contribution in [3.63, 3.8) is 0 Å². The van der Waals surface area contributed by atoms with Crippen LogP contribution in [0.4, 0.5) is 0 Å². The highest BCUT2D eigenvalue weighted by atomic mass is 32.2. The average Bonchev–Trinajstić information content (AvgIpc) is 3.16. The van der Waals surface area contributed by atoms with Crippen molar-refractivity contribution in [2.24, 2.45) is 5.92 Å². The zero-order valence-electron chi connectivity index (χ0n) is 13.6. The molecule has 4 rings (SSSR count). The van der Waals surface area contributed by atoms with E-state index >= 15 is 0 Å². The van der Waals surface area contributed by atoms with Gasteiger partial charge < -0.3 is 9.30 Å². The standard InChI is InChI=1S/C17H21N3O3S/c1-12-8-14-9-15(3-4-16(14)23-12)24(21,22)19-10-13-2-5-17-18-6-7-20(17)11-13/h3-4,6-7,9,12-13,19H,2,5,8,10-11H2,1H3/t12-,13+/m1/s1. The maximum absolute atomic E-state index is 12.6. The first-order chi connectivity index (χ1) is 11.5. The van der Waals surface area contributed by atoms with E-state index in [-0.39, 0.29) is 6.10 Å². The first-order valence-corrected chi connectivity index (χ1v) is 9.79. The minimum atomic E-state index is -3.49. The molecule has 6 nitrogen and oxygen atoms in total. The van der Waals surface area contributed by atoms with Crippen LogP contribution in [-0.2, 0) is 29.4 Å². The molecule has 2 atom stereocenters. The van der Waals surface area contributed by atoms with E-state index in [0.717, 1.165) is 42.9 Å². The second-order valence-corrected chi connectivity index (χ2v) is 8.42. The van der Waals surface area contributed by atoms with Crippen molar-refractivity contribution in [2.75, 3.05) is 6.54 Å². The highest BCUT2D eigenvalue weighted by molar-refractivity contribution is 7.89. The number of benzene rings is 1. The monoisotopic (exact) mass is 347 g/mol. The van der Waals surface area contributed by atoms with E-state index in [9.17, 15) is 8.42 Å². The summed E-state index contributed by atoms with van der Waals surface area (Å²) in [5.74, 6) is 2.17. The third kappa shape index (κ3) is 2.93. The van der Waals surface area contributed by atoms with Gasteiger partial charge in [-0.15, -0.1) is 0 Å². The lowest BCUT2D eigenvalue weighted by Gasteiger charge is -2.23. The summed E-state index contributed by atoms with van der Waals surface area (Å²) in [6.45, 7) is 3.25. The minimum Gasteiger partial charge on any atom is -0.490 e. The Hall–Kier alpha value is -1.86. The van der Waals surface area contributed by atoms with Gasteiger partial charge in [-0.05, 0) is 43.0 Å². The Bertz CT molecular complexity index is 860. The predicted octanol–water partition coefficient (Wildman–Crippen LogP) is 1.75. The molecule has 0 saturated heterocycles. The van der Waals surface area contributed by atoms with Crippen molar-refractivity contribution in [1.82, 2.24) is 14.3 Å². The Kier molecular flexibility index (Phi) is 3.85. The molecule has 2 aromatic rings. The maximum Gasteiger partial charge on any atom is 0.240 e. The molecule has 0 spiro atoms. The SMILES string of the molecule is C[C@@H]1Cc2cc(S(=O)(=O)NC[C@@H]3CCc4nccn4C3)ccc2O1. The number of nitrogens with zero attached hydrogens (tertiary/aromatic N) is 2. The maximum atomic E-state index is 12.6. The van der Waals surface area contributed by atoms with Crippen molar-refractivity contribution in [3.8, 4) is 5.75 Å². The van der Waals surface area contributed by atoms with Gasteiger partial charge in [0.05, 0.1) is 4.90 Å². The number of nitrogens with one attached hydrogen (secondary N) is 1. The van der Waals surface area contributed by atoms with Crippen LogP contribution in [0.25, 0.3) is 0 Å². The van der Waals surface area contributed by atoms with Crippen LogP contribution in [0.15, 0.2) is 35.5 Å². The van der Waals surface area contributed by atoms with Crippen molar-refractivity contribution < 1.29 is 13.2 Å². The minimum absolute atomic E-state index is 0.109. The third-order valence-electron chi connectivity index (χ3n) is 4.77. The number of ether oxygens (including phenoxy) is 1. The summed E-state index contributed by atoms with van der Waals surface area (Å²) in [5, 5.41) is 0. The van der Waals surface area contributed by atoms with E-state index in [2.05, 4.69) is 14.3 Å². The molecular weight excluding hydrogens is 326 g/mol. The van der Waals surface area contributed by atoms with E-state index in [4.69, 9.17) is 4.74 Å². The number of hydrogen-bond donors (Lipinski definition) is 1. The summed E-state index contributed by atoms with van der Waals surface area (Å²) in [4.78, 5) is 4.62. The fraction of sp³-hybridized carbons (Fsp3) is 0.471. The summed E-state index contributed by atoms with van der Waals surface area (Å²) < 4.78 is 35.7. The average molecular weight is 347 g/mol. The van der Waals surface area contributed by atoms with E-state index in [1.54, 1.807) is 24.4 Å². The van der Waals surface area contributed by atoms with Gasteiger partial charge in [0.1, 0.15) is 17.7 Å². The highest BCUT2D eigenvalue weighted by Gasteiger charge is 2.24. The molecule has 1 aromatic carbocycles. The van der Waals surface area contributed by atoms with Crippen LogP contribution in [0.2, 0.25) is 0 Å². The molecule has 2 aliphatic rings. The second-order valence-electron chi connectivity index (χ2n) is 6.65. The molecule has 128 valence electrons. The van der Waals surface area contributed by atoms with Gasteiger partial charge in [-0.3, -0.25) is 0 Å². The quantitative estimate of drug-likeness (QED) is 0.914. The highest BCUT2D eigenvalue weighted by Crippen LogP contribution is 2.30. The molecule has 0 amide bonds. The van der Waals surface area contributed by atoms with Gasteiger partial charge in [-0.25, -0.2) is 18.1 Å². The first-order valence-electron chi connectivity index (χ1n) is 8.30. The predicted molar refractivity (Wildman–Crippen MR) is 89.5 cm³/mol. The number of sulfonamides is 1. The lowest BCUT2D eigenvalue weighted by Crippen LogP contribution is -2.33. The number of imidazole rings is 1. The summed E-state index contributed by atoms with van der Waals surface area (Å²) in [5.41, 5.74) is 0.964. The smallest absolute Gasteiger partial charge is 0.240 e. The van der Waals surface area contributed by atoms with E-state index in [0.29, 0.717) is 17.4 Å². The van der Waals surface area contributed by atoms with Crippen LogP contribution in [0, 0.1) is 5.92 Å². The largest absolute Gasteiger partial charge is 0.490 e. The summed E-state index contributed by atoms with van der Waals surface area (Å²) in [7, 11) is -3.49. The normalized spacial score (nSPS) is 22.7. The van der Waals surface area contributed by atoms with Crippen LogP contribution in [0.3, 0.4) is 0 Å². The van der Waals surface area contributed by atoms with Crippen molar-refractivity contribution >= 4 is 10.0 Å². The van der Waals surface area contributed by atoms with Crippen LogP contribution in [0.5, 0.6) is 5.75 Å². The summed E-state index contributed by atoms with van der Waals surface area (Å²) >= 11 is 0. The number of aryl methyl sites for hydroxylation is 1. The molecule has 1 N–H and O–H groups in total. The number of fused-ring (bicyclic) bond motifs is 2. The Morgan fingerprint density at radius 2 is 2.29 bits per heavy atom. The fourth-order valence-corrected chi connectivity index (χ4v) is 4.65. The Morgan fingerprint density at radius 3 is 3.17 bits per heavy atom. The molecule has 0 aliphatic carbocycles. The fourth-order valence-electron chi connectivity index (χ4n) is 3.48. The number of aromatic nitrogens is 2. The van der Waals surface area contributed by atoms with E-state index < -0.39 is 10.0 Å². The van der Waals surface area contributed by atoms with Gasteiger partial charge >= 0.3 is 0 Å². The van der Waals surface area contributed by atoms with Gasteiger partial charge in [0.2, 0.25) is 10.0 Å². The van der Waals surface area contributed by atoms with Crippen LogP contribution < -0.4 is 9.46 Å². The molecule has 3 heterocycles. The van der Waals surface area contributed by atoms with Crippen LogP contribution in [0.1, 0.15) is 24.7 Å². The van der Waals surface area contributed by atoms with Crippen molar-refractivity contribution in [1.29, 1.82) is 0 Å². The molecule has 1 aromatic heterocycles. The van der Waals surface area contributed by atoms with Gasteiger partial charge in [0.15, 0.2) is 0 Å². The summed E-state index contributed by atoms with van der Waals surface area (Å²) in [6, 6.07) is 5.11. The zero-order valence-corrected chi connectivity index (χ0v) is 14.4. The Balaban J connectivity index is 1.44. The topological polar surface area (TPSA) is 73.2 Å². The molecule has 0 saturated carbocycles. The van der Waals surface area contributed by atoms with Crippen LogP contribution in [-0.4, -0.2) is 30.6 Å². The molecule has 2 aliphatic heterocycles. The van der Waals surface area contributed by atoms with E-state index in [1.165, 1.54) is 0 Å². The molecule has 0 unspecified atom stereocenters. The van der Waals surface area contributed by atoms with Crippen LogP contribution >= 0.6 is 0 Å². The van der Waals surface area contributed by atoms with Crippen molar-refractivity contribution in [2.45, 2.75) is 43.7 Å². The lowest BCUT2D eigenvalue weighted by atomic mass is 10.00. The lowest BCUT2D eigenvalue weighted by molar-refractivity contribution is 0.254. The molecule has 0 radical (unpaired) electrons. The Labute approximate surface area is 141 Å². The molecule has 0 bridgehead atoms. The van der Waals surface area contributed by atoms with Crippen molar-refractivity contribution in [3.05, 3.63) is 42.0 Å². The molecule has 0 fully saturated rings. The van der Waals surface area contributed by atoms with E-state index in [1.807, 2.05) is 13.1 Å². The number of hydrogen-bond acceptors (Lipinski definition) is 4. The molecular formula is C17H21N3O3S. The molecule has 7 heteroatoms. The van der Waals surface area contributed by atoms with Gasteiger partial charge in [0.25, 0.3) is 0 Å². The third-order valence-corrected chi connectivity index (χ3v) is 6.19. The van der Waals surface area contributed by atoms with Gasteiger partial charge in [0, 0.05) is 38.3 Å². The van der Waals surface area contributed by atoms with Gasteiger partial charge in [-0.2, -0.15) is 0 Å². The molecule has 24 heavy (non-hydrogen) atoms. The first kappa shape index (κ1) is 15.7. The second kappa shape index (κ2) is 5.89. The Morgan fingerprint density at radius 1 is 1.42 bits per heavy atom.